The standard InChI is InChI=1S/C9H17NO3/c11-5-8(6-12)7-13-9(10-8)3-1-2-4-9/h10-12H,1-7H2/p+1. The van der Waals surface area contributed by atoms with E-state index in [1.54, 1.807) is 0 Å². The molecule has 0 atom stereocenters. The third-order valence-corrected chi connectivity index (χ3v) is 3.30. The smallest absolute Gasteiger partial charge is 0.201 e. The summed E-state index contributed by atoms with van der Waals surface area (Å²) in [6.07, 6.45) is 4.50. The molecule has 0 aromatic carbocycles. The summed E-state index contributed by atoms with van der Waals surface area (Å²) in [4.78, 5) is 0. The SMILES string of the molecule is OCC1(CO)COC2(CCCC2)[NH2+]1. The van der Waals surface area contributed by atoms with Crippen LogP contribution in [0.1, 0.15) is 25.7 Å². The number of ether oxygens (including phenoxy) is 1. The van der Waals surface area contributed by atoms with Crippen LogP contribution in [-0.4, -0.2) is 41.3 Å². The number of hydrogen-bond acceptors (Lipinski definition) is 3. The molecule has 4 heteroatoms. The van der Waals surface area contributed by atoms with E-state index in [4.69, 9.17) is 4.74 Å². The van der Waals surface area contributed by atoms with Crippen molar-refractivity contribution in [3.63, 3.8) is 0 Å². The maximum Gasteiger partial charge on any atom is 0.201 e. The van der Waals surface area contributed by atoms with E-state index >= 15 is 0 Å². The molecular weight excluding hydrogens is 170 g/mol. The molecule has 1 aliphatic carbocycles. The molecule has 1 spiro atoms. The van der Waals surface area contributed by atoms with Gasteiger partial charge in [-0.05, 0) is 12.8 Å². The van der Waals surface area contributed by atoms with Gasteiger partial charge in [0.1, 0.15) is 19.8 Å². The monoisotopic (exact) mass is 188 g/mol. The van der Waals surface area contributed by atoms with Crippen LogP contribution >= 0.6 is 0 Å². The van der Waals surface area contributed by atoms with E-state index < -0.39 is 5.54 Å². The second-order valence-corrected chi connectivity index (χ2v) is 4.38. The normalized spacial score (nSPS) is 30.0. The van der Waals surface area contributed by atoms with Crippen molar-refractivity contribution < 1.29 is 20.3 Å². The van der Waals surface area contributed by atoms with Crippen LogP contribution in [0.25, 0.3) is 0 Å². The van der Waals surface area contributed by atoms with Crippen LogP contribution in [0.3, 0.4) is 0 Å². The number of rotatable bonds is 2. The van der Waals surface area contributed by atoms with E-state index in [0.717, 1.165) is 12.8 Å². The Morgan fingerprint density at radius 3 is 2.23 bits per heavy atom. The molecule has 0 aromatic rings. The van der Waals surface area contributed by atoms with E-state index in [1.165, 1.54) is 12.8 Å². The fourth-order valence-corrected chi connectivity index (χ4v) is 2.42. The summed E-state index contributed by atoms with van der Waals surface area (Å²) < 4.78 is 5.72. The number of nitrogens with two attached hydrogens (primary N) is 1. The molecule has 2 rings (SSSR count). The van der Waals surface area contributed by atoms with Gasteiger partial charge in [-0.2, -0.15) is 0 Å². The molecule has 0 bridgehead atoms. The third-order valence-electron chi connectivity index (χ3n) is 3.30. The Kier molecular flexibility index (Phi) is 2.32. The lowest BCUT2D eigenvalue weighted by atomic mass is 10.0. The van der Waals surface area contributed by atoms with Crippen molar-refractivity contribution >= 4 is 0 Å². The molecule has 0 aromatic heterocycles. The molecule has 4 nitrogen and oxygen atoms in total. The summed E-state index contributed by atoms with van der Waals surface area (Å²) in [5.41, 5.74) is -0.601. The van der Waals surface area contributed by atoms with Crippen LogP contribution in [0.5, 0.6) is 0 Å². The van der Waals surface area contributed by atoms with Crippen molar-refractivity contribution in [2.75, 3.05) is 19.8 Å². The first-order valence-electron chi connectivity index (χ1n) is 4.97. The molecule has 1 saturated carbocycles. The van der Waals surface area contributed by atoms with E-state index in [9.17, 15) is 10.2 Å². The highest BCUT2D eigenvalue weighted by Gasteiger charge is 2.53. The zero-order valence-corrected chi connectivity index (χ0v) is 7.83. The van der Waals surface area contributed by atoms with Crippen molar-refractivity contribution in [1.29, 1.82) is 0 Å². The van der Waals surface area contributed by atoms with E-state index in [-0.39, 0.29) is 18.9 Å². The molecule has 4 N–H and O–H groups in total. The largest absolute Gasteiger partial charge is 0.390 e. The molecular formula is C9H18NO3+. The fourth-order valence-electron chi connectivity index (χ4n) is 2.42. The average molecular weight is 188 g/mol. The van der Waals surface area contributed by atoms with Crippen molar-refractivity contribution in [3.8, 4) is 0 Å². The molecule has 2 fully saturated rings. The van der Waals surface area contributed by atoms with E-state index in [0.29, 0.717) is 6.61 Å². The summed E-state index contributed by atoms with van der Waals surface area (Å²) in [6, 6.07) is 0. The second-order valence-electron chi connectivity index (χ2n) is 4.38. The first-order valence-corrected chi connectivity index (χ1v) is 4.97. The average Bonchev–Trinajstić information content (AvgIpc) is 2.76. The minimum Gasteiger partial charge on any atom is -0.390 e. The molecule has 0 unspecified atom stereocenters. The van der Waals surface area contributed by atoms with Gasteiger partial charge in [0.05, 0.1) is 0 Å². The van der Waals surface area contributed by atoms with Gasteiger partial charge >= 0.3 is 0 Å². The number of aliphatic hydroxyl groups excluding tert-OH is 2. The van der Waals surface area contributed by atoms with Gasteiger partial charge in [0.15, 0.2) is 5.54 Å². The van der Waals surface area contributed by atoms with Gasteiger partial charge in [0.25, 0.3) is 0 Å². The molecule has 0 amide bonds. The molecule has 2 aliphatic rings. The Bertz CT molecular complexity index is 181. The molecule has 0 radical (unpaired) electrons. The van der Waals surface area contributed by atoms with Crippen LogP contribution < -0.4 is 5.32 Å². The van der Waals surface area contributed by atoms with Gasteiger partial charge < -0.3 is 20.3 Å². The van der Waals surface area contributed by atoms with Crippen LogP contribution in [0.2, 0.25) is 0 Å². The number of hydrogen-bond donors (Lipinski definition) is 3. The summed E-state index contributed by atoms with van der Waals surface area (Å²) >= 11 is 0. The predicted octanol–water partition coefficient (Wildman–Crippen LogP) is -1.43. The zero-order valence-electron chi connectivity index (χ0n) is 7.83. The minimum atomic E-state index is -0.482. The Hall–Kier alpha value is -0.160. The van der Waals surface area contributed by atoms with Gasteiger partial charge in [-0.3, -0.25) is 0 Å². The summed E-state index contributed by atoms with van der Waals surface area (Å²) in [5.74, 6) is 0. The molecule has 76 valence electrons. The topological polar surface area (TPSA) is 66.3 Å². The highest BCUT2D eigenvalue weighted by Crippen LogP contribution is 2.31. The summed E-state index contributed by atoms with van der Waals surface area (Å²) in [7, 11) is 0. The lowest BCUT2D eigenvalue weighted by molar-refractivity contribution is -0.787. The maximum absolute atomic E-state index is 9.19. The van der Waals surface area contributed by atoms with Gasteiger partial charge in [-0.25, -0.2) is 0 Å². The molecule has 13 heavy (non-hydrogen) atoms. The molecule has 1 saturated heterocycles. The minimum absolute atomic E-state index is 0.00868. The summed E-state index contributed by atoms with van der Waals surface area (Å²) in [6.45, 7) is 0.455. The first kappa shape index (κ1) is 9.40. The van der Waals surface area contributed by atoms with Gasteiger partial charge in [-0.1, -0.05) is 0 Å². The van der Waals surface area contributed by atoms with E-state index in [2.05, 4.69) is 0 Å². The highest BCUT2D eigenvalue weighted by molar-refractivity contribution is 4.87. The Morgan fingerprint density at radius 2 is 1.77 bits per heavy atom. The van der Waals surface area contributed by atoms with E-state index in [1.807, 2.05) is 5.32 Å². The van der Waals surface area contributed by atoms with Crippen molar-refractivity contribution in [2.24, 2.45) is 0 Å². The summed E-state index contributed by atoms with van der Waals surface area (Å²) in [5, 5.41) is 20.4. The van der Waals surface area contributed by atoms with Crippen LogP contribution in [0.4, 0.5) is 0 Å². The highest BCUT2D eigenvalue weighted by atomic mass is 16.5. The number of aliphatic hydroxyl groups is 2. The maximum atomic E-state index is 9.19. The van der Waals surface area contributed by atoms with Gasteiger partial charge in [0, 0.05) is 12.8 Å². The molecule has 1 heterocycles. The van der Waals surface area contributed by atoms with Gasteiger partial charge in [-0.15, -0.1) is 0 Å². The Morgan fingerprint density at radius 1 is 1.15 bits per heavy atom. The fraction of sp³-hybridized carbons (Fsp3) is 1.00. The van der Waals surface area contributed by atoms with Gasteiger partial charge in [0.2, 0.25) is 5.72 Å². The Labute approximate surface area is 77.9 Å². The second kappa shape index (κ2) is 3.20. The zero-order chi connectivity index (χ0) is 9.36. The predicted molar refractivity (Wildman–Crippen MR) is 46.0 cm³/mol. The van der Waals surface area contributed by atoms with Crippen molar-refractivity contribution in [1.82, 2.24) is 0 Å². The van der Waals surface area contributed by atoms with Crippen molar-refractivity contribution in [3.05, 3.63) is 0 Å². The van der Waals surface area contributed by atoms with Crippen LogP contribution in [0.15, 0.2) is 0 Å². The van der Waals surface area contributed by atoms with Crippen LogP contribution in [0, 0.1) is 0 Å². The van der Waals surface area contributed by atoms with Crippen LogP contribution in [-0.2, 0) is 4.74 Å². The lowest BCUT2D eigenvalue weighted by Crippen LogP contribution is -3.04. The molecule has 1 aliphatic heterocycles. The third kappa shape index (κ3) is 1.48. The quantitative estimate of drug-likeness (QED) is 0.498. The Balaban J connectivity index is 2.06. The van der Waals surface area contributed by atoms with Crippen molar-refractivity contribution in [2.45, 2.75) is 36.9 Å². The first-order chi connectivity index (χ1) is 6.24. The lowest BCUT2D eigenvalue weighted by Gasteiger charge is -2.24. The number of quaternary nitrogens is 1.